The third kappa shape index (κ3) is 3.29. The molecular weight excluding hydrogens is 354 g/mol. The first kappa shape index (κ1) is 20.4. The first-order valence-corrected chi connectivity index (χ1v) is 10.4. The van der Waals surface area contributed by atoms with Gasteiger partial charge in [-0.1, -0.05) is 52.3 Å². The largest absolute Gasteiger partial charge is 0.325 e. The predicted octanol–water partition coefficient (Wildman–Crippen LogP) is 3.50. The van der Waals surface area contributed by atoms with Crippen LogP contribution in [0.2, 0.25) is 0 Å². The van der Waals surface area contributed by atoms with E-state index in [2.05, 4.69) is 10.6 Å². The Bertz CT molecular complexity index is 757. The van der Waals surface area contributed by atoms with Crippen molar-refractivity contribution in [2.45, 2.75) is 65.3 Å². The van der Waals surface area contributed by atoms with Crippen LogP contribution in [-0.2, 0) is 22.4 Å². The molecule has 2 unspecified atom stereocenters. The summed E-state index contributed by atoms with van der Waals surface area (Å²) >= 11 is 0. The average Bonchev–Trinajstić information content (AvgIpc) is 2.92. The van der Waals surface area contributed by atoms with E-state index >= 15 is 0 Å². The maximum atomic E-state index is 13.2. The molecule has 0 aromatic heterocycles. The number of carbonyl (C=O) groups is 3. The summed E-state index contributed by atoms with van der Waals surface area (Å²) in [6.07, 6.45) is 4.46. The Hall–Kier alpha value is -2.37. The summed E-state index contributed by atoms with van der Waals surface area (Å²) in [4.78, 5) is 39.6. The van der Waals surface area contributed by atoms with Gasteiger partial charge < -0.3 is 10.6 Å². The molecule has 1 aliphatic carbocycles. The average molecular weight is 386 g/mol. The van der Waals surface area contributed by atoms with E-state index < -0.39 is 11.6 Å². The highest BCUT2D eigenvalue weighted by atomic mass is 16.2. The molecule has 1 aliphatic heterocycles. The normalized spacial score (nSPS) is 27.2. The van der Waals surface area contributed by atoms with Crippen molar-refractivity contribution in [1.82, 2.24) is 10.2 Å². The van der Waals surface area contributed by atoms with E-state index in [0.29, 0.717) is 0 Å². The molecule has 6 nitrogen and oxygen atoms in total. The number of urea groups is 1. The number of imide groups is 1. The van der Waals surface area contributed by atoms with Crippen LogP contribution in [0.3, 0.4) is 0 Å². The lowest BCUT2D eigenvalue weighted by Crippen LogP contribution is -2.59. The second kappa shape index (κ2) is 7.94. The summed E-state index contributed by atoms with van der Waals surface area (Å²) in [6, 6.07) is 5.51. The molecule has 1 saturated carbocycles. The number of amides is 4. The zero-order valence-corrected chi connectivity index (χ0v) is 17.3. The number of aryl methyl sites for hydroxylation is 2. The third-order valence-electron chi connectivity index (χ3n) is 6.55. The summed E-state index contributed by atoms with van der Waals surface area (Å²) in [6.45, 7) is 7.85. The predicted molar refractivity (Wildman–Crippen MR) is 109 cm³/mol. The molecule has 0 bridgehead atoms. The number of para-hydroxylation sites is 1. The zero-order valence-electron chi connectivity index (χ0n) is 17.3. The summed E-state index contributed by atoms with van der Waals surface area (Å²) in [7, 11) is 0. The van der Waals surface area contributed by atoms with Gasteiger partial charge in [0, 0.05) is 5.69 Å². The van der Waals surface area contributed by atoms with E-state index in [9.17, 15) is 14.4 Å². The van der Waals surface area contributed by atoms with E-state index in [-0.39, 0.29) is 30.2 Å². The monoisotopic (exact) mass is 385 g/mol. The van der Waals surface area contributed by atoms with E-state index in [1.807, 2.05) is 45.9 Å². The minimum atomic E-state index is -0.870. The van der Waals surface area contributed by atoms with Crippen molar-refractivity contribution in [1.29, 1.82) is 0 Å². The van der Waals surface area contributed by atoms with Crippen molar-refractivity contribution in [3.63, 3.8) is 0 Å². The Morgan fingerprint density at radius 1 is 1.14 bits per heavy atom. The fraction of sp³-hybridized carbons (Fsp3) is 0.591. The van der Waals surface area contributed by atoms with Crippen LogP contribution in [0.4, 0.5) is 10.5 Å². The van der Waals surface area contributed by atoms with Crippen molar-refractivity contribution in [3.8, 4) is 0 Å². The first-order valence-electron chi connectivity index (χ1n) is 10.4. The van der Waals surface area contributed by atoms with Crippen LogP contribution in [0.1, 0.15) is 58.1 Å². The van der Waals surface area contributed by atoms with Crippen LogP contribution in [0, 0.1) is 11.8 Å². The van der Waals surface area contributed by atoms with Crippen LogP contribution in [0.5, 0.6) is 0 Å². The van der Waals surface area contributed by atoms with Gasteiger partial charge in [-0.15, -0.1) is 0 Å². The van der Waals surface area contributed by atoms with Crippen molar-refractivity contribution < 1.29 is 14.4 Å². The molecule has 28 heavy (non-hydrogen) atoms. The summed E-state index contributed by atoms with van der Waals surface area (Å²) in [5.41, 5.74) is 2.04. The molecule has 2 aliphatic rings. The minimum Gasteiger partial charge on any atom is -0.324 e. The summed E-state index contributed by atoms with van der Waals surface area (Å²) in [5, 5.41) is 5.89. The molecule has 3 rings (SSSR count). The van der Waals surface area contributed by atoms with Gasteiger partial charge in [0.2, 0.25) is 5.91 Å². The Morgan fingerprint density at radius 3 is 2.25 bits per heavy atom. The SMILES string of the molecule is CCc1cccc(CC)c1NC(=O)CN1C(=O)NC2(C1=O)C(C)CCCC2C. The molecule has 4 amide bonds. The second-order valence-corrected chi connectivity index (χ2v) is 8.13. The third-order valence-corrected chi connectivity index (χ3v) is 6.55. The first-order chi connectivity index (χ1) is 13.3. The molecular formula is C22H31N3O3. The lowest BCUT2D eigenvalue weighted by molar-refractivity contribution is -0.138. The van der Waals surface area contributed by atoms with Gasteiger partial charge in [-0.2, -0.15) is 0 Å². The molecule has 1 aromatic rings. The number of hydrogen-bond donors (Lipinski definition) is 2. The van der Waals surface area contributed by atoms with Gasteiger partial charge >= 0.3 is 6.03 Å². The van der Waals surface area contributed by atoms with Crippen molar-refractivity contribution in [3.05, 3.63) is 29.3 Å². The van der Waals surface area contributed by atoms with Gasteiger partial charge in [0.1, 0.15) is 12.1 Å². The molecule has 152 valence electrons. The number of nitrogens with one attached hydrogen (secondary N) is 2. The molecule has 1 spiro atoms. The highest BCUT2D eigenvalue weighted by molar-refractivity contribution is 6.10. The fourth-order valence-corrected chi connectivity index (χ4v) is 4.82. The van der Waals surface area contributed by atoms with Gasteiger partial charge in [-0.3, -0.25) is 14.5 Å². The maximum absolute atomic E-state index is 13.2. The van der Waals surface area contributed by atoms with Crippen molar-refractivity contribution >= 4 is 23.5 Å². The Labute approximate surface area is 167 Å². The second-order valence-electron chi connectivity index (χ2n) is 8.13. The zero-order chi connectivity index (χ0) is 20.5. The van der Waals surface area contributed by atoms with E-state index in [1.54, 1.807) is 0 Å². The summed E-state index contributed by atoms with van der Waals surface area (Å²) < 4.78 is 0. The van der Waals surface area contributed by atoms with Gasteiger partial charge in [0.05, 0.1) is 0 Å². The topological polar surface area (TPSA) is 78.5 Å². The number of carbonyl (C=O) groups excluding carboxylic acids is 3. The minimum absolute atomic E-state index is 0.0632. The number of hydrogen-bond acceptors (Lipinski definition) is 3. The van der Waals surface area contributed by atoms with E-state index in [1.165, 1.54) is 0 Å². The lowest BCUT2D eigenvalue weighted by Gasteiger charge is -2.42. The Balaban J connectivity index is 1.78. The van der Waals surface area contributed by atoms with Crippen LogP contribution >= 0.6 is 0 Å². The molecule has 1 saturated heterocycles. The Morgan fingerprint density at radius 2 is 1.71 bits per heavy atom. The van der Waals surface area contributed by atoms with E-state index in [0.717, 1.165) is 53.8 Å². The lowest BCUT2D eigenvalue weighted by atomic mass is 9.67. The molecule has 1 aromatic carbocycles. The molecule has 2 atom stereocenters. The molecule has 1 heterocycles. The fourth-order valence-electron chi connectivity index (χ4n) is 4.82. The Kier molecular flexibility index (Phi) is 5.77. The van der Waals surface area contributed by atoms with E-state index in [4.69, 9.17) is 0 Å². The van der Waals surface area contributed by atoms with Crippen molar-refractivity contribution in [2.24, 2.45) is 11.8 Å². The van der Waals surface area contributed by atoms with Gasteiger partial charge in [0.15, 0.2) is 0 Å². The highest BCUT2D eigenvalue weighted by Gasteiger charge is 2.58. The number of rotatable bonds is 5. The molecule has 2 N–H and O–H groups in total. The van der Waals surface area contributed by atoms with Crippen LogP contribution in [-0.4, -0.2) is 34.8 Å². The standard InChI is InChI=1S/C22H31N3O3/c1-5-16-11-8-12-17(6-2)19(16)23-18(26)13-25-20(27)22(24-21(25)28)14(3)9-7-10-15(22)4/h8,11-12,14-15H,5-7,9-10,13H2,1-4H3,(H,23,26)(H,24,28). The van der Waals surface area contributed by atoms with Crippen LogP contribution in [0.15, 0.2) is 18.2 Å². The highest BCUT2D eigenvalue weighted by Crippen LogP contribution is 2.42. The van der Waals surface area contributed by atoms with Crippen LogP contribution in [0.25, 0.3) is 0 Å². The van der Waals surface area contributed by atoms with Gasteiger partial charge in [-0.05, 0) is 48.6 Å². The number of benzene rings is 1. The van der Waals surface area contributed by atoms with Gasteiger partial charge in [-0.25, -0.2) is 4.79 Å². The summed E-state index contributed by atoms with van der Waals surface area (Å²) in [5.74, 6) is -0.472. The van der Waals surface area contributed by atoms with Crippen molar-refractivity contribution in [2.75, 3.05) is 11.9 Å². The number of anilines is 1. The van der Waals surface area contributed by atoms with Crippen LogP contribution < -0.4 is 10.6 Å². The molecule has 2 fully saturated rings. The maximum Gasteiger partial charge on any atom is 0.325 e. The smallest absolute Gasteiger partial charge is 0.324 e. The van der Waals surface area contributed by atoms with Gasteiger partial charge in [0.25, 0.3) is 5.91 Å². The number of nitrogens with zero attached hydrogens (tertiary/aromatic N) is 1. The quantitative estimate of drug-likeness (QED) is 0.762. The molecule has 0 radical (unpaired) electrons. The molecule has 6 heteroatoms.